The van der Waals surface area contributed by atoms with Crippen LogP contribution in [-0.4, -0.2) is 34.0 Å². The zero-order valence-corrected chi connectivity index (χ0v) is 23.4. The number of methoxy groups -OCH3 is 1. The van der Waals surface area contributed by atoms with Gasteiger partial charge in [0.1, 0.15) is 11.2 Å². The van der Waals surface area contributed by atoms with Crippen LogP contribution >= 0.6 is 11.6 Å². The number of Topliss-reactive ketones (excluding diaryl/α,β-unsaturated/α-hetero) is 1. The molecule has 1 fully saturated rings. The molecule has 208 valence electrons. The van der Waals surface area contributed by atoms with E-state index in [2.05, 4.69) is 35.7 Å². The first-order valence-electron chi connectivity index (χ1n) is 13.1. The van der Waals surface area contributed by atoms with Crippen molar-refractivity contribution in [1.82, 2.24) is 15.0 Å². The molecule has 0 aliphatic heterocycles. The average Bonchev–Trinajstić information content (AvgIpc) is 2.91. The summed E-state index contributed by atoms with van der Waals surface area (Å²) in [6.07, 6.45) is -3.30. The molecule has 1 heterocycles. The molecule has 2 aromatic carbocycles. The van der Waals surface area contributed by atoms with Gasteiger partial charge in [-0.25, -0.2) is 4.98 Å². The first kappa shape index (κ1) is 29.0. The highest BCUT2D eigenvalue weighted by molar-refractivity contribution is 6.33. The normalized spacial score (nSPS) is 15.7. The highest BCUT2D eigenvalue weighted by Crippen LogP contribution is 2.50. The summed E-state index contributed by atoms with van der Waals surface area (Å²) in [5, 5.41) is 0.367. The van der Waals surface area contributed by atoms with Crippen molar-refractivity contribution >= 4 is 17.4 Å². The van der Waals surface area contributed by atoms with Crippen LogP contribution in [0.25, 0.3) is 22.8 Å². The molecule has 0 amide bonds. The minimum Gasteiger partial charge on any atom is -0.467 e. The Bertz CT molecular complexity index is 1350. The Morgan fingerprint density at radius 3 is 2.31 bits per heavy atom. The molecule has 0 N–H and O–H groups in total. The Morgan fingerprint density at radius 1 is 0.974 bits per heavy atom. The number of alkyl halides is 3. The zero-order chi connectivity index (χ0) is 28.4. The summed E-state index contributed by atoms with van der Waals surface area (Å²) in [4.78, 5) is 26.4. The van der Waals surface area contributed by atoms with Crippen molar-refractivity contribution in [2.45, 2.75) is 77.3 Å². The summed E-state index contributed by atoms with van der Waals surface area (Å²) < 4.78 is 47.3. The third-order valence-electron chi connectivity index (χ3n) is 7.48. The van der Waals surface area contributed by atoms with Gasteiger partial charge in [0.25, 0.3) is 0 Å². The van der Waals surface area contributed by atoms with Crippen molar-refractivity contribution in [2.75, 3.05) is 7.11 Å². The van der Waals surface area contributed by atoms with E-state index in [0.717, 1.165) is 17.5 Å². The predicted molar refractivity (Wildman–Crippen MR) is 146 cm³/mol. The smallest absolute Gasteiger partial charge is 0.401 e. The first-order valence-corrected chi connectivity index (χ1v) is 13.5. The number of hydrogen-bond donors (Lipinski definition) is 0. The fourth-order valence-corrected chi connectivity index (χ4v) is 5.30. The molecule has 1 aliphatic carbocycles. The molecule has 0 radical (unpaired) electrons. The van der Waals surface area contributed by atoms with Gasteiger partial charge in [0.05, 0.1) is 12.1 Å². The van der Waals surface area contributed by atoms with Crippen LogP contribution in [0.3, 0.4) is 0 Å². The van der Waals surface area contributed by atoms with E-state index in [1.165, 1.54) is 7.11 Å². The largest absolute Gasteiger partial charge is 0.467 e. The Balaban J connectivity index is 1.64. The second kappa shape index (κ2) is 11.2. The fourth-order valence-electron chi connectivity index (χ4n) is 5.09. The maximum Gasteiger partial charge on any atom is 0.401 e. The number of nitrogens with zero attached hydrogens (tertiary/aromatic N) is 3. The van der Waals surface area contributed by atoms with Gasteiger partial charge >= 0.3 is 12.2 Å². The van der Waals surface area contributed by atoms with Crippen LogP contribution in [0, 0.1) is 5.41 Å². The zero-order valence-electron chi connectivity index (χ0n) is 22.7. The van der Waals surface area contributed by atoms with E-state index >= 15 is 0 Å². The lowest BCUT2D eigenvalue weighted by Gasteiger charge is -2.37. The van der Waals surface area contributed by atoms with E-state index in [1.54, 1.807) is 18.2 Å². The van der Waals surface area contributed by atoms with E-state index in [9.17, 15) is 18.0 Å². The maximum absolute atomic E-state index is 14.0. The molecule has 9 heteroatoms. The second-order valence-corrected chi connectivity index (χ2v) is 11.6. The topological polar surface area (TPSA) is 65.0 Å². The summed E-state index contributed by atoms with van der Waals surface area (Å²) in [5.41, 5.74) is 0.740. The van der Waals surface area contributed by atoms with E-state index < -0.39 is 17.4 Å². The number of ether oxygens (including phenoxy) is 1. The number of hydrogen-bond acceptors (Lipinski definition) is 5. The number of rotatable bonds is 7. The molecule has 4 rings (SSSR count). The van der Waals surface area contributed by atoms with Crippen LogP contribution < -0.4 is 4.74 Å². The molecule has 1 aromatic heterocycles. The van der Waals surface area contributed by atoms with E-state index in [1.807, 2.05) is 24.3 Å². The van der Waals surface area contributed by atoms with Gasteiger partial charge in [-0.15, -0.1) is 0 Å². The lowest BCUT2D eigenvalue weighted by molar-refractivity contribution is -0.228. The lowest BCUT2D eigenvalue weighted by atomic mass is 9.69. The quantitative estimate of drug-likeness (QED) is 0.292. The molecule has 3 aromatic rings. The summed E-state index contributed by atoms with van der Waals surface area (Å²) in [7, 11) is 1.46. The molecule has 1 saturated carbocycles. The van der Waals surface area contributed by atoms with Gasteiger partial charge in [-0.1, -0.05) is 75.9 Å². The summed E-state index contributed by atoms with van der Waals surface area (Å²) in [6.45, 7) is 6.35. The van der Waals surface area contributed by atoms with Gasteiger partial charge in [-0.2, -0.15) is 23.1 Å². The number of carbonyl (C=O) groups is 1. The van der Waals surface area contributed by atoms with Gasteiger partial charge in [0, 0.05) is 17.5 Å². The van der Waals surface area contributed by atoms with Crippen LogP contribution in [0.2, 0.25) is 5.02 Å². The monoisotopic (exact) mass is 559 g/mol. The second-order valence-electron chi connectivity index (χ2n) is 11.2. The molecule has 0 bridgehead atoms. The van der Waals surface area contributed by atoms with Crippen LogP contribution in [-0.2, 0) is 16.6 Å². The van der Waals surface area contributed by atoms with Gasteiger partial charge in [0.2, 0.25) is 0 Å². The van der Waals surface area contributed by atoms with Gasteiger partial charge in [-0.05, 0) is 54.0 Å². The lowest BCUT2D eigenvalue weighted by Crippen LogP contribution is -2.46. The van der Waals surface area contributed by atoms with Crippen LogP contribution in [0.5, 0.6) is 6.01 Å². The Hall–Kier alpha value is -3.00. The Labute approximate surface area is 232 Å². The molecule has 5 nitrogen and oxygen atoms in total. The average molecular weight is 560 g/mol. The molecular weight excluding hydrogens is 527 g/mol. The predicted octanol–water partition coefficient (Wildman–Crippen LogP) is 8.18. The summed E-state index contributed by atoms with van der Waals surface area (Å²) >= 11 is 6.52. The summed E-state index contributed by atoms with van der Waals surface area (Å²) in [6, 6.07) is 13.1. The number of benzene rings is 2. The van der Waals surface area contributed by atoms with Crippen molar-refractivity contribution in [2.24, 2.45) is 5.41 Å². The highest BCUT2D eigenvalue weighted by Gasteiger charge is 2.58. The number of ketones is 1. The van der Waals surface area contributed by atoms with Crippen molar-refractivity contribution in [3.63, 3.8) is 0 Å². The number of aromatic nitrogens is 3. The molecule has 0 atom stereocenters. The maximum atomic E-state index is 14.0. The van der Waals surface area contributed by atoms with Crippen molar-refractivity contribution in [3.05, 3.63) is 58.6 Å². The fraction of sp³-hybridized carbons (Fsp3) is 0.467. The number of carbonyl (C=O) groups excluding carboxylic acids is 1. The SMILES string of the molecule is COc1nc(-c2cccc(C(C)(C)C)c2)nc(-c2cc(CCC(=O)C3(C(F)(F)F)CCCCC3)ccc2Cl)n1. The van der Waals surface area contributed by atoms with Crippen LogP contribution in [0.15, 0.2) is 42.5 Å². The number of halogens is 4. The Kier molecular flexibility index (Phi) is 8.36. The number of aryl methyl sites for hydroxylation is 1. The van der Waals surface area contributed by atoms with Gasteiger partial charge < -0.3 is 4.74 Å². The molecule has 0 saturated heterocycles. The van der Waals surface area contributed by atoms with Crippen LogP contribution in [0.4, 0.5) is 13.2 Å². The highest BCUT2D eigenvalue weighted by atomic mass is 35.5. The summed E-state index contributed by atoms with van der Waals surface area (Å²) in [5.74, 6) is -0.0618. The minimum atomic E-state index is -4.54. The Morgan fingerprint density at radius 2 is 1.67 bits per heavy atom. The molecular formula is C30H33ClF3N3O2. The molecule has 39 heavy (non-hydrogen) atoms. The third kappa shape index (κ3) is 6.26. The van der Waals surface area contributed by atoms with E-state index in [4.69, 9.17) is 16.3 Å². The minimum absolute atomic E-state index is 0.0760. The molecule has 0 unspecified atom stereocenters. The van der Waals surface area contributed by atoms with Gasteiger partial charge in [0.15, 0.2) is 11.6 Å². The molecule has 1 aliphatic rings. The van der Waals surface area contributed by atoms with Crippen LogP contribution in [0.1, 0.15) is 70.4 Å². The van der Waals surface area contributed by atoms with Gasteiger partial charge in [-0.3, -0.25) is 4.79 Å². The third-order valence-corrected chi connectivity index (χ3v) is 7.81. The van der Waals surface area contributed by atoms with Crippen molar-refractivity contribution < 1.29 is 22.7 Å². The van der Waals surface area contributed by atoms with Crippen molar-refractivity contribution in [1.29, 1.82) is 0 Å². The van der Waals surface area contributed by atoms with E-state index in [0.29, 0.717) is 34.8 Å². The molecule has 0 spiro atoms. The van der Waals surface area contributed by atoms with Crippen molar-refractivity contribution in [3.8, 4) is 28.8 Å². The van der Waals surface area contributed by atoms with E-state index in [-0.39, 0.29) is 42.9 Å². The standard InChI is InChI=1S/C30H33ClF3N3O2/c1-28(2,3)21-10-8-9-20(18-21)25-35-26(37-27(36-25)39-4)22-17-19(11-13-23(22)31)12-14-24(38)29(30(32,33)34)15-6-5-7-16-29/h8-11,13,17-18H,5-7,12,14-16H2,1-4H3. The first-order chi connectivity index (χ1) is 18.3.